The summed E-state index contributed by atoms with van der Waals surface area (Å²) in [7, 11) is 0. The van der Waals surface area contributed by atoms with Crippen LogP contribution in [-0.2, 0) is 28.7 Å². The Balaban J connectivity index is 0.951. The molecule has 286 valence electrons. The maximum atomic E-state index is 17.4. The van der Waals surface area contributed by atoms with Crippen LogP contribution in [0.2, 0.25) is 0 Å². The molecule has 11 nitrogen and oxygen atoms in total. The zero-order chi connectivity index (χ0) is 38.8. The molecule has 5 aliphatic carbocycles. The van der Waals surface area contributed by atoms with Gasteiger partial charge in [0.25, 0.3) is 0 Å². The highest BCUT2D eigenvalue weighted by Gasteiger charge is 2.75. The number of carbonyl (C=O) groups excluding carboxylic acids is 4. The van der Waals surface area contributed by atoms with Gasteiger partial charge in [-0.2, -0.15) is 0 Å². The molecule has 3 saturated carbocycles. The van der Waals surface area contributed by atoms with Crippen molar-refractivity contribution < 1.29 is 53.2 Å². The van der Waals surface area contributed by atoms with Crippen LogP contribution in [0, 0.1) is 28.6 Å². The fraction of sp³-hybridized carbons (Fsp3) is 0.500. The summed E-state index contributed by atoms with van der Waals surface area (Å²) in [5.41, 5.74) is -1.97. The zero-order valence-corrected chi connectivity index (χ0v) is 30.5. The van der Waals surface area contributed by atoms with E-state index in [4.69, 9.17) is 9.47 Å². The number of carbonyl (C=O) groups is 5. The average molecular weight is 744 g/mol. The number of alkyl halides is 1. The number of halogens is 1. The van der Waals surface area contributed by atoms with E-state index in [0.717, 1.165) is 22.3 Å². The Morgan fingerprint density at radius 3 is 2.30 bits per heavy atom. The number of alkyl carbamates (subject to hydrolysis) is 1. The summed E-state index contributed by atoms with van der Waals surface area (Å²) < 4.78 is 28.1. The Labute approximate surface area is 312 Å². The smallest absolute Gasteiger partial charge is 0.407 e. The third-order valence-electron chi connectivity index (χ3n) is 13.6. The minimum Gasteiger partial charge on any atom is -0.480 e. The Kier molecular flexibility index (Phi) is 9.45. The molecule has 12 heteroatoms. The van der Waals surface area contributed by atoms with Crippen LogP contribution in [0.1, 0.15) is 76.3 Å². The van der Waals surface area contributed by atoms with Gasteiger partial charge in [0.15, 0.2) is 18.1 Å². The molecule has 0 unspecified atom stereocenters. The maximum absolute atomic E-state index is 17.4. The summed E-state index contributed by atoms with van der Waals surface area (Å²) in [6.45, 7) is 4.23. The predicted octanol–water partition coefficient (Wildman–Crippen LogP) is 5.22. The summed E-state index contributed by atoms with van der Waals surface area (Å²) in [5, 5.41) is 35.8. The monoisotopic (exact) mass is 743 g/mol. The Morgan fingerprint density at radius 1 is 1.00 bits per heavy atom. The van der Waals surface area contributed by atoms with Crippen molar-refractivity contribution in [3.05, 3.63) is 83.5 Å². The van der Waals surface area contributed by atoms with Gasteiger partial charge in [-0.25, -0.2) is 14.0 Å². The molecule has 0 bridgehead atoms. The number of carboxylic acids is 1. The molecule has 0 radical (unpaired) electrons. The van der Waals surface area contributed by atoms with E-state index in [1.165, 1.54) is 12.2 Å². The van der Waals surface area contributed by atoms with E-state index >= 15 is 4.39 Å². The average Bonchev–Trinajstić information content (AvgIpc) is 3.56. The van der Waals surface area contributed by atoms with Crippen LogP contribution in [0.4, 0.5) is 9.18 Å². The highest BCUT2D eigenvalue weighted by molar-refractivity contribution is 6.01. The molecule has 0 aliphatic heterocycles. The molecule has 1 amide bonds. The first-order chi connectivity index (χ1) is 25.6. The standard InChI is InChI=1S/C42H46FNO10/c1-23-18-32-31-13-12-24-19-25(45)16-17-39(24,2)41(31,43)34(46)20-40(32,3)42(23,52)35(47)22-53-36(48)15-14-33(37(49)50)44-38(51)54-21-30-28-10-6-4-8-26(28)27-9-5-7-11-29(27)30/h4-11,16-17,19,23,30-34,46,52H,12-15,18,20-22H2,1-3H3,(H,44,51)(H,49,50)/t23-,31+,32+,33+,34+,39+,40+,41+,42+/m1/s1. The van der Waals surface area contributed by atoms with Gasteiger partial charge in [-0.15, -0.1) is 0 Å². The van der Waals surface area contributed by atoms with Gasteiger partial charge in [0, 0.05) is 29.1 Å². The van der Waals surface area contributed by atoms with E-state index in [9.17, 15) is 39.3 Å². The Morgan fingerprint density at radius 2 is 1.65 bits per heavy atom. The molecule has 4 N–H and O–H groups in total. The fourth-order valence-electron chi connectivity index (χ4n) is 10.8. The summed E-state index contributed by atoms with van der Waals surface area (Å²) in [4.78, 5) is 63.5. The number of carboxylic acid groups (broad SMARTS) is 1. The lowest BCUT2D eigenvalue weighted by molar-refractivity contribution is -0.220. The number of allylic oxidation sites excluding steroid dienone is 4. The second-order valence-electron chi connectivity index (χ2n) is 16.2. The van der Waals surface area contributed by atoms with Crippen LogP contribution in [-0.4, -0.2) is 81.5 Å². The number of aliphatic carboxylic acids is 1. The van der Waals surface area contributed by atoms with Crippen molar-refractivity contribution in [3.8, 4) is 11.1 Å². The third-order valence-corrected chi connectivity index (χ3v) is 13.6. The largest absolute Gasteiger partial charge is 0.480 e. The van der Waals surface area contributed by atoms with Gasteiger partial charge >= 0.3 is 18.0 Å². The van der Waals surface area contributed by atoms with Crippen LogP contribution < -0.4 is 5.32 Å². The van der Waals surface area contributed by atoms with Crippen molar-refractivity contribution in [1.29, 1.82) is 0 Å². The summed E-state index contributed by atoms with van der Waals surface area (Å²) in [6.07, 6.45) is 1.83. The number of fused-ring (bicyclic) bond motifs is 8. The van der Waals surface area contributed by atoms with Gasteiger partial charge in [0.2, 0.25) is 5.78 Å². The number of nitrogens with one attached hydrogen (secondary N) is 1. The number of benzene rings is 2. The lowest BCUT2D eigenvalue weighted by Gasteiger charge is -2.62. The molecule has 3 fully saturated rings. The van der Waals surface area contributed by atoms with Crippen molar-refractivity contribution in [2.45, 2.75) is 88.6 Å². The molecular formula is C42H46FNO10. The molecule has 5 aliphatic rings. The van der Waals surface area contributed by atoms with Crippen LogP contribution in [0.15, 0.2) is 72.3 Å². The molecule has 9 atom stereocenters. The molecule has 0 spiro atoms. The SMILES string of the molecule is C[C@@H]1C[C@H]2[C@@H]3CCC4=CC(=O)C=C[C@]4(C)[C@@]3(F)[C@@H](O)C[C@]2(C)[C@@]1(O)C(=O)COC(=O)CC[C@H](NC(=O)OCC1c2ccccc2-c2ccccc21)C(=O)O. The number of ketones is 2. The topological polar surface area (TPSA) is 177 Å². The first kappa shape index (κ1) is 37.6. The Bertz CT molecular complexity index is 1930. The molecular weight excluding hydrogens is 697 g/mol. The van der Waals surface area contributed by atoms with E-state index in [-0.39, 0.29) is 31.1 Å². The van der Waals surface area contributed by atoms with Gasteiger partial charge in [-0.05, 0) is 85.3 Å². The summed E-state index contributed by atoms with van der Waals surface area (Å²) in [5.74, 6) is -5.41. The molecule has 54 heavy (non-hydrogen) atoms. The van der Waals surface area contributed by atoms with Gasteiger partial charge in [-0.3, -0.25) is 14.4 Å². The number of aliphatic hydroxyl groups excluding tert-OH is 1. The highest BCUT2D eigenvalue weighted by Crippen LogP contribution is 2.70. The number of esters is 1. The number of hydrogen-bond donors (Lipinski definition) is 4. The predicted molar refractivity (Wildman–Crippen MR) is 193 cm³/mol. The van der Waals surface area contributed by atoms with Crippen molar-refractivity contribution in [2.24, 2.45) is 28.6 Å². The van der Waals surface area contributed by atoms with Crippen molar-refractivity contribution >= 4 is 29.6 Å². The van der Waals surface area contributed by atoms with Crippen LogP contribution >= 0.6 is 0 Å². The first-order valence-electron chi connectivity index (χ1n) is 18.6. The number of hydrogen-bond acceptors (Lipinski definition) is 9. The second-order valence-corrected chi connectivity index (χ2v) is 16.2. The fourth-order valence-corrected chi connectivity index (χ4v) is 10.8. The summed E-state index contributed by atoms with van der Waals surface area (Å²) >= 11 is 0. The van der Waals surface area contributed by atoms with E-state index in [1.54, 1.807) is 26.8 Å². The zero-order valence-electron chi connectivity index (χ0n) is 30.5. The summed E-state index contributed by atoms with van der Waals surface area (Å²) in [6, 6.07) is 14.1. The maximum Gasteiger partial charge on any atom is 0.407 e. The van der Waals surface area contributed by atoms with Gasteiger partial charge in [0.05, 0.1) is 6.10 Å². The van der Waals surface area contributed by atoms with Crippen molar-refractivity contribution in [3.63, 3.8) is 0 Å². The number of ether oxygens (including phenoxy) is 2. The number of rotatable bonds is 10. The van der Waals surface area contributed by atoms with Gasteiger partial charge in [0.1, 0.15) is 18.2 Å². The Hall–Kier alpha value is -4.68. The van der Waals surface area contributed by atoms with E-state index in [1.807, 2.05) is 48.5 Å². The molecule has 7 rings (SSSR count). The highest BCUT2D eigenvalue weighted by atomic mass is 19.1. The van der Waals surface area contributed by atoms with Crippen molar-refractivity contribution in [1.82, 2.24) is 5.32 Å². The molecule has 0 heterocycles. The van der Waals surface area contributed by atoms with Crippen LogP contribution in [0.3, 0.4) is 0 Å². The quantitative estimate of drug-likeness (QED) is 0.236. The number of Topliss-reactive ketones (excluding diaryl/α,β-unsaturated/α-hetero) is 1. The molecule has 2 aromatic rings. The molecule has 0 saturated heterocycles. The third kappa shape index (κ3) is 5.63. The normalized spacial score (nSPS) is 34.0. The first-order valence-corrected chi connectivity index (χ1v) is 18.6. The lowest BCUT2D eigenvalue weighted by Crippen LogP contribution is -2.69. The second kappa shape index (κ2) is 13.6. The number of amides is 1. The van der Waals surface area contributed by atoms with Crippen molar-refractivity contribution in [2.75, 3.05) is 13.2 Å². The van der Waals surface area contributed by atoms with Gasteiger partial charge in [-0.1, -0.05) is 74.0 Å². The molecule has 0 aromatic heterocycles. The van der Waals surface area contributed by atoms with Gasteiger partial charge < -0.3 is 30.1 Å². The molecule has 2 aromatic carbocycles. The lowest BCUT2D eigenvalue weighted by atomic mass is 9.44. The minimum atomic E-state index is -2.13. The van der Waals surface area contributed by atoms with Crippen LogP contribution in [0.5, 0.6) is 0 Å². The van der Waals surface area contributed by atoms with Crippen LogP contribution in [0.25, 0.3) is 11.1 Å². The number of aliphatic hydroxyl groups is 2. The van der Waals surface area contributed by atoms with E-state index in [2.05, 4.69) is 5.32 Å². The van der Waals surface area contributed by atoms with E-state index < -0.39 is 88.8 Å². The minimum absolute atomic E-state index is 0.0307. The van der Waals surface area contributed by atoms with E-state index in [0.29, 0.717) is 24.8 Å².